The van der Waals surface area contributed by atoms with E-state index in [-0.39, 0.29) is 12.3 Å². The molecule has 0 saturated heterocycles. The van der Waals surface area contributed by atoms with Crippen molar-refractivity contribution in [2.45, 2.75) is 19.9 Å². The van der Waals surface area contributed by atoms with Gasteiger partial charge in [-0.3, -0.25) is 14.5 Å². The molecule has 29 heavy (non-hydrogen) atoms. The molecule has 2 aromatic carbocycles. The number of benzene rings is 2. The van der Waals surface area contributed by atoms with Crippen molar-refractivity contribution in [3.05, 3.63) is 53.3 Å². The summed E-state index contributed by atoms with van der Waals surface area (Å²) in [7, 11) is 3.95. The standard InChI is InChI=1S/C21H25N5O2S/c1-4-28-18-11-5-15(6-12-18)20-23-24-21(29)26(20)14-13-19(27)22-16-7-9-17(10-8-16)25(2)3/h5-12H,4,13-14H2,1-3H3,(H,22,27)(H,24,29). The molecule has 0 aliphatic carbocycles. The van der Waals surface area contributed by atoms with Crippen molar-refractivity contribution in [1.29, 1.82) is 0 Å². The number of aromatic amines is 1. The second kappa shape index (κ2) is 9.38. The Labute approximate surface area is 175 Å². The van der Waals surface area contributed by atoms with Gasteiger partial charge in [0.05, 0.1) is 6.61 Å². The van der Waals surface area contributed by atoms with Crippen LogP contribution < -0.4 is 15.0 Å². The molecule has 1 aromatic heterocycles. The Morgan fingerprint density at radius 3 is 2.48 bits per heavy atom. The van der Waals surface area contributed by atoms with Crippen molar-refractivity contribution in [2.75, 3.05) is 30.9 Å². The van der Waals surface area contributed by atoms with Crippen LogP contribution >= 0.6 is 12.2 Å². The van der Waals surface area contributed by atoms with Crippen molar-refractivity contribution in [3.8, 4) is 17.1 Å². The Bertz CT molecular complexity index is 1010. The molecule has 0 aliphatic heterocycles. The highest BCUT2D eigenvalue weighted by atomic mass is 32.1. The third-order valence-corrected chi connectivity index (χ3v) is 4.72. The number of anilines is 2. The second-order valence-electron chi connectivity index (χ2n) is 6.70. The van der Waals surface area contributed by atoms with Crippen LogP contribution in [0, 0.1) is 4.77 Å². The first kappa shape index (κ1) is 20.6. The van der Waals surface area contributed by atoms with E-state index in [0.717, 1.165) is 22.7 Å². The summed E-state index contributed by atoms with van der Waals surface area (Å²) in [5, 5.41) is 10.1. The summed E-state index contributed by atoms with van der Waals surface area (Å²) in [6, 6.07) is 15.4. The van der Waals surface area contributed by atoms with Gasteiger partial charge >= 0.3 is 0 Å². The van der Waals surface area contributed by atoms with E-state index < -0.39 is 0 Å². The smallest absolute Gasteiger partial charge is 0.226 e. The van der Waals surface area contributed by atoms with Gasteiger partial charge in [0.25, 0.3) is 0 Å². The molecule has 0 atom stereocenters. The van der Waals surface area contributed by atoms with E-state index >= 15 is 0 Å². The molecule has 1 amide bonds. The highest BCUT2D eigenvalue weighted by Gasteiger charge is 2.11. The molecular weight excluding hydrogens is 386 g/mol. The van der Waals surface area contributed by atoms with Crippen LogP contribution in [0.1, 0.15) is 13.3 Å². The van der Waals surface area contributed by atoms with Crippen LogP contribution in [0.5, 0.6) is 5.75 Å². The van der Waals surface area contributed by atoms with E-state index in [4.69, 9.17) is 17.0 Å². The monoisotopic (exact) mass is 411 g/mol. The number of amides is 1. The third-order valence-electron chi connectivity index (χ3n) is 4.41. The van der Waals surface area contributed by atoms with Crippen molar-refractivity contribution in [1.82, 2.24) is 14.8 Å². The third kappa shape index (κ3) is 5.23. The first-order chi connectivity index (χ1) is 14.0. The summed E-state index contributed by atoms with van der Waals surface area (Å²) in [5.41, 5.74) is 2.75. The van der Waals surface area contributed by atoms with E-state index in [1.807, 2.05) is 79.0 Å². The van der Waals surface area contributed by atoms with E-state index in [1.54, 1.807) is 0 Å². The van der Waals surface area contributed by atoms with Gasteiger partial charge in [-0.25, -0.2) is 0 Å². The Hall–Kier alpha value is -3.13. The maximum atomic E-state index is 12.4. The van der Waals surface area contributed by atoms with E-state index in [9.17, 15) is 4.79 Å². The van der Waals surface area contributed by atoms with Crippen molar-refractivity contribution in [2.24, 2.45) is 0 Å². The summed E-state index contributed by atoms with van der Waals surface area (Å²) in [6.45, 7) is 2.99. The number of rotatable bonds is 8. The van der Waals surface area contributed by atoms with Crippen molar-refractivity contribution < 1.29 is 9.53 Å². The van der Waals surface area contributed by atoms with Gasteiger partial charge in [0.2, 0.25) is 5.91 Å². The number of carbonyl (C=O) groups excluding carboxylic acids is 1. The summed E-state index contributed by atoms with van der Waals surface area (Å²) in [6.07, 6.45) is 0.285. The molecule has 0 fully saturated rings. The van der Waals surface area contributed by atoms with Crippen LogP contribution in [0.15, 0.2) is 48.5 Å². The second-order valence-corrected chi connectivity index (χ2v) is 7.09. The van der Waals surface area contributed by atoms with Crippen LogP contribution in [0.4, 0.5) is 11.4 Å². The first-order valence-electron chi connectivity index (χ1n) is 9.43. The highest BCUT2D eigenvalue weighted by molar-refractivity contribution is 7.71. The minimum Gasteiger partial charge on any atom is -0.494 e. The van der Waals surface area contributed by atoms with Gasteiger partial charge in [0, 0.05) is 44.0 Å². The number of carbonyl (C=O) groups is 1. The van der Waals surface area contributed by atoms with E-state index in [2.05, 4.69) is 15.5 Å². The maximum Gasteiger partial charge on any atom is 0.226 e. The lowest BCUT2D eigenvalue weighted by Crippen LogP contribution is -2.15. The number of H-pyrrole nitrogens is 1. The average Bonchev–Trinajstić information content (AvgIpc) is 3.08. The lowest BCUT2D eigenvalue weighted by molar-refractivity contribution is -0.116. The number of hydrogen-bond acceptors (Lipinski definition) is 5. The van der Waals surface area contributed by atoms with Crippen LogP contribution in [0.2, 0.25) is 0 Å². The molecule has 3 rings (SSSR count). The molecule has 0 spiro atoms. The van der Waals surface area contributed by atoms with Crippen LogP contribution in [0.3, 0.4) is 0 Å². The van der Waals surface area contributed by atoms with Gasteiger partial charge in [0.15, 0.2) is 10.6 Å². The fourth-order valence-corrected chi connectivity index (χ4v) is 3.12. The SMILES string of the molecule is CCOc1ccc(-c2n[nH]c(=S)n2CCC(=O)Nc2ccc(N(C)C)cc2)cc1. The zero-order chi connectivity index (χ0) is 20.8. The molecule has 3 aromatic rings. The van der Waals surface area contributed by atoms with E-state index in [1.165, 1.54) is 0 Å². The molecule has 152 valence electrons. The Morgan fingerprint density at radius 2 is 1.86 bits per heavy atom. The molecule has 0 saturated carbocycles. The molecule has 0 aliphatic rings. The molecule has 1 heterocycles. The number of hydrogen-bond donors (Lipinski definition) is 2. The normalized spacial score (nSPS) is 10.6. The number of aromatic nitrogens is 3. The summed E-state index contributed by atoms with van der Waals surface area (Å²) in [4.78, 5) is 14.4. The van der Waals surface area contributed by atoms with Gasteiger partial charge in [-0.05, 0) is 67.7 Å². The van der Waals surface area contributed by atoms with Gasteiger partial charge in [-0.2, -0.15) is 5.10 Å². The lowest BCUT2D eigenvalue weighted by Gasteiger charge is -2.13. The molecule has 0 unspecified atom stereocenters. The zero-order valence-electron chi connectivity index (χ0n) is 16.8. The fraction of sp³-hybridized carbons (Fsp3) is 0.286. The van der Waals surface area contributed by atoms with Crippen LogP contribution in [-0.2, 0) is 11.3 Å². The number of nitrogens with zero attached hydrogens (tertiary/aromatic N) is 3. The molecular formula is C21H25N5O2S. The van der Waals surface area contributed by atoms with Gasteiger partial charge in [0.1, 0.15) is 5.75 Å². The predicted octanol–water partition coefficient (Wildman–Crippen LogP) is 4.10. The Morgan fingerprint density at radius 1 is 1.17 bits per heavy atom. The summed E-state index contributed by atoms with van der Waals surface area (Å²) >= 11 is 5.34. The minimum absolute atomic E-state index is 0.0802. The first-order valence-corrected chi connectivity index (χ1v) is 9.84. The largest absolute Gasteiger partial charge is 0.494 e. The van der Waals surface area contributed by atoms with Crippen LogP contribution in [0.25, 0.3) is 11.4 Å². The number of ether oxygens (including phenoxy) is 1. The molecule has 2 N–H and O–H groups in total. The fourth-order valence-electron chi connectivity index (χ4n) is 2.89. The Kier molecular flexibility index (Phi) is 6.66. The topological polar surface area (TPSA) is 75.2 Å². The summed E-state index contributed by atoms with van der Waals surface area (Å²) in [5.74, 6) is 1.42. The molecule has 0 bridgehead atoms. The van der Waals surface area contributed by atoms with Gasteiger partial charge < -0.3 is 15.0 Å². The van der Waals surface area contributed by atoms with Gasteiger partial charge in [-0.15, -0.1) is 0 Å². The quantitative estimate of drug-likeness (QED) is 0.546. The molecule has 8 heteroatoms. The van der Waals surface area contributed by atoms with E-state index in [0.29, 0.717) is 23.7 Å². The highest BCUT2D eigenvalue weighted by Crippen LogP contribution is 2.21. The van der Waals surface area contributed by atoms with Crippen molar-refractivity contribution >= 4 is 29.5 Å². The maximum absolute atomic E-state index is 12.4. The Balaban J connectivity index is 1.65. The van der Waals surface area contributed by atoms with Crippen molar-refractivity contribution in [3.63, 3.8) is 0 Å². The summed E-state index contributed by atoms with van der Waals surface area (Å²) < 4.78 is 7.79. The zero-order valence-corrected chi connectivity index (χ0v) is 17.6. The predicted molar refractivity (Wildman–Crippen MR) is 118 cm³/mol. The molecule has 0 radical (unpaired) electrons. The minimum atomic E-state index is -0.0802. The van der Waals surface area contributed by atoms with Crippen LogP contribution in [-0.4, -0.2) is 41.4 Å². The number of nitrogens with one attached hydrogen (secondary N) is 2. The average molecular weight is 412 g/mol. The van der Waals surface area contributed by atoms with Gasteiger partial charge in [-0.1, -0.05) is 0 Å². The lowest BCUT2D eigenvalue weighted by atomic mass is 10.2. The molecule has 7 nitrogen and oxygen atoms in total.